The molecule has 0 spiro atoms. The van der Waals surface area contributed by atoms with Gasteiger partial charge in [-0.15, -0.1) is 0 Å². The Bertz CT molecular complexity index is 631. The van der Waals surface area contributed by atoms with Crippen LogP contribution < -0.4 is 14.8 Å². The van der Waals surface area contributed by atoms with Gasteiger partial charge in [-0.25, -0.2) is 9.97 Å². The normalized spacial score (nSPS) is 10.2. The zero-order valence-electron chi connectivity index (χ0n) is 11.6. The van der Waals surface area contributed by atoms with E-state index >= 15 is 0 Å². The molecule has 21 heavy (non-hydrogen) atoms. The number of nitrogens with zero attached hydrogens (tertiary/aromatic N) is 3. The molecule has 1 aromatic carbocycles. The lowest BCUT2D eigenvalue weighted by atomic mass is 10.3. The van der Waals surface area contributed by atoms with Crippen LogP contribution in [0.4, 0.5) is 5.69 Å². The number of nitro groups is 1. The minimum atomic E-state index is -0.548. The summed E-state index contributed by atoms with van der Waals surface area (Å²) in [4.78, 5) is 18.5. The molecular formula is C13H14N4O4. The monoisotopic (exact) mass is 290 g/mol. The second kappa shape index (κ2) is 6.62. The number of aromatic nitrogens is 2. The predicted molar refractivity (Wildman–Crippen MR) is 74.5 cm³/mol. The standard InChI is InChI=1S/C13H14N4O4/c1-14-6-9-7-15-13(16-8-9)21-12-4-3-10(20-2)5-11(12)17(18)19/h3-5,7-8,14H,6H2,1-2H3. The van der Waals surface area contributed by atoms with Gasteiger partial charge >= 0.3 is 11.7 Å². The smallest absolute Gasteiger partial charge is 0.322 e. The van der Waals surface area contributed by atoms with Gasteiger partial charge < -0.3 is 14.8 Å². The first-order valence-corrected chi connectivity index (χ1v) is 6.10. The van der Waals surface area contributed by atoms with E-state index in [2.05, 4.69) is 15.3 Å². The van der Waals surface area contributed by atoms with Crippen molar-refractivity contribution in [2.24, 2.45) is 0 Å². The summed E-state index contributed by atoms with van der Waals surface area (Å²) in [6.07, 6.45) is 3.18. The Balaban J connectivity index is 2.24. The van der Waals surface area contributed by atoms with Crippen molar-refractivity contribution in [1.82, 2.24) is 15.3 Å². The molecule has 0 aliphatic heterocycles. The molecule has 0 aliphatic rings. The van der Waals surface area contributed by atoms with E-state index in [4.69, 9.17) is 9.47 Å². The lowest BCUT2D eigenvalue weighted by Gasteiger charge is -2.06. The fourth-order valence-electron chi connectivity index (χ4n) is 1.64. The molecule has 0 saturated carbocycles. The second-order valence-corrected chi connectivity index (χ2v) is 4.10. The highest BCUT2D eigenvalue weighted by atomic mass is 16.6. The fourth-order valence-corrected chi connectivity index (χ4v) is 1.64. The van der Waals surface area contributed by atoms with E-state index in [1.807, 2.05) is 7.05 Å². The number of ether oxygens (including phenoxy) is 2. The minimum absolute atomic E-state index is 0.0446. The Morgan fingerprint density at radius 2 is 2.05 bits per heavy atom. The van der Waals surface area contributed by atoms with Crippen LogP contribution in [-0.4, -0.2) is 29.0 Å². The minimum Gasteiger partial charge on any atom is -0.496 e. The Kier molecular flexibility index (Phi) is 4.62. The SMILES string of the molecule is CNCc1cnc(Oc2ccc(OC)cc2[N+](=O)[O-])nc1. The van der Waals surface area contributed by atoms with Gasteiger partial charge in [-0.3, -0.25) is 10.1 Å². The number of benzene rings is 1. The van der Waals surface area contributed by atoms with Crippen LogP contribution in [-0.2, 0) is 6.54 Å². The molecule has 8 heteroatoms. The highest BCUT2D eigenvalue weighted by Crippen LogP contribution is 2.33. The zero-order chi connectivity index (χ0) is 15.2. The Morgan fingerprint density at radius 1 is 1.33 bits per heavy atom. The summed E-state index contributed by atoms with van der Waals surface area (Å²) in [5.74, 6) is 0.432. The molecule has 1 N–H and O–H groups in total. The number of methoxy groups -OCH3 is 1. The van der Waals surface area contributed by atoms with Crippen molar-refractivity contribution in [3.63, 3.8) is 0 Å². The maximum Gasteiger partial charge on any atom is 0.322 e. The van der Waals surface area contributed by atoms with Crippen molar-refractivity contribution < 1.29 is 14.4 Å². The maximum atomic E-state index is 11.0. The van der Waals surface area contributed by atoms with E-state index in [1.165, 1.54) is 19.2 Å². The van der Waals surface area contributed by atoms with Crippen molar-refractivity contribution in [3.05, 3.63) is 46.3 Å². The van der Waals surface area contributed by atoms with Gasteiger partial charge in [0.15, 0.2) is 0 Å². The van der Waals surface area contributed by atoms with Crippen molar-refractivity contribution in [1.29, 1.82) is 0 Å². The number of nitro benzene ring substituents is 1. The van der Waals surface area contributed by atoms with Crippen LogP contribution in [0.25, 0.3) is 0 Å². The molecular weight excluding hydrogens is 276 g/mol. The quantitative estimate of drug-likeness (QED) is 0.640. The summed E-state index contributed by atoms with van der Waals surface area (Å²) in [5, 5.41) is 14.0. The van der Waals surface area contributed by atoms with Gasteiger partial charge in [-0.05, 0) is 19.2 Å². The van der Waals surface area contributed by atoms with Crippen molar-refractivity contribution in [2.45, 2.75) is 6.54 Å². The average Bonchev–Trinajstić information content (AvgIpc) is 2.49. The molecule has 0 atom stereocenters. The molecule has 1 aromatic heterocycles. The highest BCUT2D eigenvalue weighted by molar-refractivity contribution is 5.51. The average molecular weight is 290 g/mol. The van der Waals surface area contributed by atoms with E-state index in [0.29, 0.717) is 12.3 Å². The molecule has 1 heterocycles. The summed E-state index contributed by atoms with van der Waals surface area (Å²) in [7, 11) is 3.24. The van der Waals surface area contributed by atoms with Crippen LogP contribution in [0.15, 0.2) is 30.6 Å². The van der Waals surface area contributed by atoms with Crippen LogP contribution in [0.1, 0.15) is 5.56 Å². The molecule has 0 amide bonds. The summed E-state index contributed by atoms with van der Waals surface area (Å²) in [5.41, 5.74) is 0.673. The summed E-state index contributed by atoms with van der Waals surface area (Å²) < 4.78 is 10.3. The molecule has 0 bridgehead atoms. The number of hydrogen-bond donors (Lipinski definition) is 1. The molecule has 2 rings (SSSR count). The van der Waals surface area contributed by atoms with Crippen molar-refractivity contribution in [3.8, 4) is 17.5 Å². The lowest BCUT2D eigenvalue weighted by Crippen LogP contribution is -2.06. The first-order valence-electron chi connectivity index (χ1n) is 6.10. The van der Waals surface area contributed by atoms with Crippen LogP contribution in [0.5, 0.6) is 17.5 Å². The molecule has 8 nitrogen and oxygen atoms in total. The second-order valence-electron chi connectivity index (χ2n) is 4.10. The highest BCUT2D eigenvalue weighted by Gasteiger charge is 2.18. The topological polar surface area (TPSA) is 99.4 Å². The van der Waals surface area contributed by atoms with Crippen molar-refractivity contribution in [2.75, 3.05) is 14.2 Å². The lowest BCUT2D eigenvalue weighted by molar-refractivity contribution is -0.385. The van der Waals surface area contributed by atoms with Gasteiger partial charge in [-0.2, -0.15) is 0 Å². The van der Waals surface area contributed by atoms with Crippen LogP contribution in [0.3, 0.4) is 0 Å². The van der Waals surface area contributed by atoms with Gasteiger partial charge in [0.1, 0.15) is 5.75 Å². The Morgan fingerprint density at radius 3 is 2.62 bits per heavy atom. The van der Waals surface area contributed by atoms with E-state index in [0.717, 1.165) is 5.56 Å². The van der Waals surface area contributed by atoms with Crippen molar-refractivity contribution >= 4 is 5.69 Å². The predicted octanol–water partition coefficient (Wildman–Crippen LogP) is 1.91. The number of nitrogens with one attached hydrogen (secondary N) is 1. The van der Waals surface area contributed by atoms with E-state index < -0.39 is 4.92 Å². The Labute approximate surface area is 120 Å². The third-order valence-corrected chi connectivity index (χ3v) is 2.63. The first kappa shape index (κ1) is 14.7. The fraction of sp³-hybridized carbons (Fsp3) is 0.231. The van der Waals surface area contributed by atoms with Gasteiger partial charge in [0.2, 0.25) is 5.75 Å². The molecule has 0 radical (unpaired) electrons. The van der Waals surface area contributed by atoms with Gasteiger partial charge in [0.05, 0.1) is 18.1 Å². The van der Waals surface area contributed by atoms with Crippen LogP contribution >= 0.6 is 0 Å². The molecule has 2 aromatic rings. The molecule has 0 saturated heterocycles. The third kappa shape index (κ3) is 3.63. The maximum absolute atomic E-state index is 11.0. The van der Waals surface area contributed by atoms with Gasteiger partial charge in [0.25, 0.3) is 0 Å². The largest absolute Gasteiger partial charge is 0.496 e. The van der Waals surface area contributed by atoms with E-state index in [9.17, 15) is 10.1 Å². The number of hydrogen-bond acceptors (Lipinski definition) is 7. The van der Waals surface area contributed by atoms with E-state index in [-0.39, 0.29) is 17.4 Å². The van der Waals surface area contributed by atoms with Crippen LogP contribution in [0, 0.1) is 10.1 Å². The Hall–Kier alpha value is -2.74. The number of rotatable bonds is 6. The summed E-state index contributed by atoms with van der Waals surface area (Å²) in [6.45, 7) is 0.628. The summed E-state index contributed by atoms with van der Waals surface area (Å²) in [6, 6.07) is 4.34. The molecule has 110 valence electrons. The van der Waals surface area contributed by atoms with Gasteiger partial charge in [-0.1, -0.05) is 0 Å². The molecule has 0 unspecified atom stereocenters. The molecule has 0 aliphatic carbocycles. The van der Waals surface area contributed by atoms with E-state index in [1.54, 1.807) is 18.5 Å². The first-order chi connectivity index (χ1) is 10.1. The molecule has 0 fully saturated rings. The summed E-state index contributed by atoms with van der Waals surface area (Å²) >= 11 is 0. The van der Waals surface area contributed by atoms with Crippen LogP contribution in [0.2, 0.25) is 0 Å². The van der Waals surface area contributed by atoms with Gasteiger partial charge in [0, 0.05) is 24.5 Å². The zero-order valence-corrected chi connectivity index (χ0v) is 11.6. The third-order valence-electron chi connectivity index (χ3n) is 2.63.